The van der Waals surface area contributed by atoms with Gasteiger partial charge in [-0.3, -0.25) is 4.79 Å². The zero-order valence-electron chi connectivity index (χ0n) is 23.6. The normalized spacial score (nSPS) is 14.9. The minimum Gasteiger partial charge on any atom is -0.497 e. The summed E-state index contributed by atoms with van der Waals surface area (Å²) in [7, 11) is 1.58. The molecular weight excluding hydrogens is 605 g/mol. The van der Waals surface area contributed by atoms with Crippen molar-refractivity contribution in [2.75, 3.05) is 32.5 Å². The zero-order valence-corrected chi connectivity index (χ0v) is 26.1. The molecule has 0 bridgehead atoms. The molecule has 1 atom stereocenters. The number of hydrogen-bond acceptors (Lipinski definition) is 11. The lowest BCUT2D eigenvalue weighted by atomic mass is 10.1. The van der Waals surface area contributed by atoms with E-state index in [1.165, 1.54) is 34.4 Å². The van der Waals surface area contributed by atoms with E-state index in [-0.39, 0.29) is 25.0 Å². The Hall–Kier alpha value is -3.91. The number of likely N-dealkylation sites (tertiary alicyclic amines) is 1. The highest BCUT2D eigenvalue weighted by molar-refractivity contribution is 8.08. The number of aliphatic hydroxyl groups is 1. The largest absolute Gasteiger partial charge is 0.497 e. The lowest BCUT2D eigenvalue weighted by molar-refractivity contribution is 0.0782. The maximum Gasteiger partial charge on any atom is 0.253 e. The predicted molar refractivity (Wildman–Crippen MR) is 171 cm³/mol. The second-order valence-corrected chi connectivity index (χ2v) is 13.3. The molecule has 0 saturated carbocycles. The number of aromatic nitrogens is 4. The molecule has 0 aliphatic carbocycles. The number of ether oxygens (including phenoxy) is 2. The Bertz CT molecular complexity index is 1760. The number of nitrogens with two attached hydrogens (primary N) is 1. The number of carbonyl (C=O) groups is 1. The van der Waals surface area contributed by atoms with E-state index in [2.05, 4.69) is 16.7 Å². The van der Waals surface area contributed by atoms with Crippen LogP contribution in [0.3, 0.4) is 0 Å². The van der Waals surface area contributed by atoms with Crippen LogP contribution in [-0.4, -0.2) is 62.3 Å². The van der Waals surface area contributed by atoms with Gasteiger partial charge in [-0.1, -0.05) is 41.8 Å². The maximum absolute atomic E-state index is 12.8. The first-order chi connectivity index (χ1) is 20.8. The van der Waals surface area contributed by atoms with Crippen LogP contribution in [0.5, 0.6) is 11.5 Å². The minimum absolute atomic E-state index is 0.0100. The van der Waals surface area contributed by atoms with E-state index in [1.807, 2.05) is 42.8 Å². The monoisotopic (exact) mass is 634 g/mol. The number of nitrogen functional groups attached to an aromatic ring is 1. The van der Waals surface area contributed by atoms with Crippen LogP contribution in [-0.2, 0) is 6.61 Å². The van der Waals surface area contributed by atoms with Crippen LogP contribution in [0.4, 0.5) is 5.69 Å². The number of carbonyl (C=O) groups excluding carboxylic acids is 1. The van der Waals surface area contributed by atoms with Crippen molar-refractivity contribution in [3.8, 4) is 22.1 Å². The molecule has 3 N–H and O–H groups in total. The SMILES string of the molecule is C=C(Sc1c(N)cc(OC)cc1OCc1csc(-c2ccc(C(=O)N3CC[C@@H](CO)C3)cc2)n1)c1cn2nc(C)sc2n1. The molecule has 1 amide bonds. The van der Waals surface area contributed by atoms with Gasteiger partial charge in [0.05, 0.1) is 35.3 Å². The topological polar surface area (TPSA) is 128 Å². The summed E-state index contributed by atoms with van der Waals surface area (Å²) in [4.78, 5) is 26.3. The molecule has 1 aliphatic rings. The molecule has 1 fully saturated rings. The van der Waals surface area contributed by atoms with Gasteiger partial charge in [0.2, 0.25) is 4.96 Å². The van der Waals surface area contributed by atoms with Crippen LogP contribution < -0.4 is 15.2 Å². The van der Waals surface area contributed by atoms with Crippen molar-refractivity contribution in [1.29, 1.82) is 0 Å². The van der Waals surface area contributed by atoms with Crippen molar-refractivity contribution in [1.82, 2.24) is 24.5 Å². The van der Waals surface area contributed by atoms with E-state index in [9.17, 15) is 9.90 Å². The summed E-state index contributed by atoms with van der Waals surface area (Å²) in [6, 6.07) is 11.0. The first kappa shape index (κ1) is 29.2. The van der Waals surface area contributed by atoms with Gasteiger partial charge in [-0.15, -0.1) is 11.3 Å². The van der Waals surface area contributed by atoms with Crippen LogP contribution >= 0.6 is 34.4 Å². The van der Waals surface area contributed by atoms with Gasteiger partial charge in [0.1, 0.15) is 28.1 Å². The van der Waals surface area contributed by atoms with Gasteiger partial charge >= 0.3 is 0 Å². The number of thiazole rings is 1. The zero-order chi connectivity index (χ0) is 30.1. The molecule has 222 valence electrons. The third kappa shape index (κ3) is 6.25. The number of imidazole rings is 1. The Kier molecular flexibility index (Phi) is 8.39. The number of nitrogens with zero attached hydrogens (tertiary/aromatic N) is 5. The van der Waals surface area contributed by atoms with Crippen molar-refractivity contribution in [3.63, 3.8) is 0 Å². The van der Waals surface area contributed by atoms with Gasteiger partial charge < -0.3 is 25.2 Å². The number of rotatable bonds is 10. The maximum atomic E-state index is 12.8. The average molecular weight is 635 g/mol. The highest BCUT2D eigenvalue weighted by Crippen LogP contribution is 2.44. The molecule has 3 aromatic heterocycles. The fourth-order valence-electron chi connectivity index (χ4n) is 4.80. The highest BCUT2D eigenvalue weighted by atomic mass is 32.2. The third-order valence-electron chi connectivity index (χ3n) is 7.09. The van der Waals surface area contributed by atoms with E-state index in [4.69, 9.17) is 20.2 Å². The van der Waals surface area contributed by atoms with E-state index in [0.29, 0.717) is 45.6 Å². The van der Waals surface area contributed by atoms with Crippen molar-refractivity contribution in [3.05, 3.63) is 76.5 Å². The summed E-state index contributed by atoms with van der Waals surface area (Å²) >= 11 is 4.41. The second kappa shape index (κ2) is 12.4. The number of hydrogen-bond donors (Lipinski definition) is 2. The quantitative estimate of drug-likeness (QED) is 0.149. The molecule has 13 heteroatoms. The summed E-state index contributed by atoms with van der Waals surface area (Å²) in [5.74, 6) is 1.29. The molecule has 6 rings (SSSR count). The van der Waals surface area contributed by atoms with Gasteiger partial charge in [-0.05, 0) is 25.5 Å². The summed E-state index contributed by atoms with van der Waals surface area (Å²) in [6.07, 6.45) is 2.69. The number of methoxy groups -OCH3 is 1. The number of thioether (sulfide) groups is 1. The summed E-state index contributed by atoms with van der Waals surface area (Å²) in [5.41, 5.74) is 9.97. The number of amides is 1. The van der Waals surface area contributed by atoms with Crippen LogP contribution in [0.25, 0.3) is 20.4 Å². The van der Waals surface area contributed by atoms with E-state index in [1.54, 1.807) is 28.7 Å². The van der Waals surface area contributed by atoms with Crippen molar-refractivity contribution in [2.24, 2.45) is 5.92 Å². The minimum atomic E-state index is -0.0100. The van der Waals surface area contributed by atoms with Crippen molar-refractivity contribution in [2.45, 2.75) is 24.8 Å². The van der Waals surface area contributed by atoms with Gasteiger partial charge in [0.25, 0.3) is 5.91 Å². The predicted octanol–water partition coefficient (Wildman–Crippen LogP) is 5.61. The summed E-state index contributed by atoms with van der Waals surface area (Å²) < 4.78 is 13.4. The Morgan fingerprint density at radius 2 is 2.07 bits per heavy atom. The molecule has 10 nitrogen and oxygen atoms in total. The van der Waals surface area contributed by atoms with Gasteiger partial charge in [0, 0.05) is 59.2 Å². The fourth-order valence-corrected chi connectivity index (χ4v) is 7.18. The molecule has 0 spiro atoms. The van der Waals surface area contributed by atoms with Crippen LogP contribution in [0.15, 0.2) is 59.4 Å². The Labute approximate surface area is 260 Å². The first-order valence-electron chi connectivity index (χ1n) is 13.6. The number of benzene rings is 2. The average Bonchev–Trinajstić information content (AvgIpc) is 3.81. The molecule has 2 aromatic carbocycles. The number of aliphatic hydroxyl groups excluding tert-OH is 1. The van der Waals surface area contributed by atoms with Gasteiger partial charge in [-0.2, -0.15) is 5.10 Å². The molecule has 5 aromatic rings. The molecule has 4 heterocycles. The summed E-state index contributed by atoms with van der Waals surface area (Å²) in [5, 5.41) is 17.5. The first-order valence-corrected chi connectivity index (χ1v) is 16.1. The lowest BCUT2D eigenvalue weighted by Gasteiger charge is -2.16. The Morgan fingerprint density at radius 3 is 2.79 bits per heavy atom. The van der Waals surface area contributed by atoms with Crippen LogP contribution in [0.2, 0.25) is 0 Å². The van der Waals surface area contributed by atoms with Gasteiger partial charge in [0.15, 0.2) is 0 Å². The third-order valence-corrected chi connectivity index (χ3v) is 9.96. The lowest BCUT2D eigenvalue weighted by Crippen LogP contribution is -2.29. The van der Waals surface area contributed by atoms with Crippen LogP contribution in [0.1, 0.15) is 33.2 Å². The molecule has 0 unspecified atom stereocenters. The second-order valence-electron chi connectivity index (χ2n) is 10.1. The number of aryl methyl sites for hydroxylation is 1. The number of fused-ring (bicyclic) bond motifs is 1. The highest BCUT2D eigenvalue weighted by Gasteiger charge is 2.26. The molecule has 0 radical (unpaired) electrons. The van der Waals surface area contributed by atoms with E-state index >= 15 is 0 Å². The van der Waals surface area contributed by atoms with Crippen LogP contribution in [0, 0.1) is 12.8 Å². The number of anilines is 1. The van der Waals surface area contributed by atoms with Crippen molar-refractivity contribution < 1.29 is 19.4 Å². The van der Waals surface area contributed by atoms with Gasteiger partial charge in [-0.25, -0.2) is 14.5 Å². The molecule has 43 heavy (non-hydrogen) atoms. The van der Waals surface area contributed by atoms with E-state index in [0.717, 1.165) is 38.3 Å². The molecule has 1 aliphatic heterocycles. The molecule has 1 saturated heterocycles. The van der Waals surface area contributed by atoms with E-state index < -0.39 is 0 Å². The smallest absolute Gasteiger partial charge is 0.253 e. The fraction of sp³-hybridized carbons (Fsp3) is 0.267. The Balaban J connectivity index is 1.14. The standard InChI is InChI=1S/C30H30N6O4S3/c1-17(25-13-36-30(33-25)43-18(2)34-36)42-27-24(31)10-23(39-3)11-26(27)40-15-22-16-41-28(32-22)20-4-6-21(7-5-20)29(38)35-9-8-19(12-35)14-37/h4-7,10-11,13,16,19,37H,1,8-9,12,14-15,31H2,2-3H3/t19-/m1/s1. The van der Waals surface area contributed by atoms with Crippen molar-refractivity contribution >= 4 is 55.9 Å². The Morgan fingerprint density at radius 1 is 1.26 bits per heavy atom. The molecular formula is C30H30N6O4S3. The summed E-state index contributed by atoms with van der Waals surface area (Å²) in [6.45, 7) is 7.77.